The van der Waals surface area contributed by atoms with E-state index < -0.39 is 39.1 Å². The molecule has 0 bridgehead atoms. The molecule has 3 rings (SSSR count). The summed E-state index contributed by atoms with van der Waals surface area (Å²) < 4.78 is 32.7. The van der Waals surface area contributed by atoms with Crippen molar-refractivity contribution in [3.05, 3.63) is 28.6 Å². The molecule has 0 aliphatic carbocycles. The van der Waals surface area contributed by atoms with Crippen molar-refractivity contribution in [2.75, 3.05) is 31.2 Å². The fourth-order valence-corrected chi connectivity index (χ4v) is 6.58. The minimum Gasteiger partial charge on any atom is -0.462 e. The third-order valence-corrected chi connectivity index (χ3v) is 8.05. The lowest BCUT2D eigenvalue weighted by Crippen LogP contribution is -2.45. The molecule has 1 aliphatic rings. The molecule has 9 nitrogen and oxygen atoms in total. The zero-order chi connectivity index (χ0) is 25.0. The third kappa shape index (κ3) is 6.32. The van der Waals surface area contributed by atoms with Gasteiger partial charge in [0.15, 0.2) is 14.6 Å². The van der Waals surface area contributed by atoms with E-state index in [-0.39, 0.29) is 6.61 Å². The van der Waals surface area contributed by atoms with Crippen LogP contribution in [0.2, 0.25) is 0 Å². The predicted molar refractivity (Wildman–Crippen MR) is 130 cm³/mol. The Hall–Kier alpha value is -2.53. The normalized spacial score (nSPS) is 19.4. The van der Waals surface area contributed by atoms with Gasteiger partial charge in [0.2, 0.25) is 5.91 Å². The van der Waals surface area contributed by atoms with Crippen molar-refractivity contribution in [1.29, 1.82) is 0 Å². The largest absolute Gasteiger partial charge is 0.462 e. The number of nitrogens with zero attached hydrogens (tertiary/aromatic N) is 3. The molecule has 2 unspecified atom stereocenters. The summed E-state index contributed by atoms with van der Waals surface area (Å²) in [7, 11) is -3.96. The molecule has 2 heterocycles. The van der Waals surface area contributed by atoms with E-state index in [1.165, 1.54) is 11.3 Å². The van der Waals surface area contributed by atoms with E-state index in [4.69, 9.17) is 4.74 Å². The molecule has 1 aromatic carbocycles. The average Bonchev–Trinajstić information content (AvgIpc) is 3.08. The second kappa shape index (κ2) is 10.8. The SMILES string of the molecule is CCOC(=O)c1ccc2c(c1)sc(=NC(=O)CS(=O)(=O)CC(=O)N1CC(C)CC(C)C1)n2CC. The molecule has 186 valence electrons. The smallest absolute Gasteiger partial charge is 0.338 e. The van der Waals surface area contributed by atoms with Crippen molar-refractivity contribution in [3.8, 4) is 0 Å². The van der Waals surface area contributed by atoms with Crippen LogP contribution in [-0.4, -0.2) is 66.9 Å². The molecule has 11 heteroatoms. The van der Waals surface area contributed by atoms with E-state index in [0.29, 0.717) is 41.8 Å². The Kier molecular flexibility index (Phi) is 8.29. The molecule has 2 atom stereocenters. The monoisotopic (exact) mass is 509 g/mol. The van der Waals surface area contributed by atoms with Crippen LogP contribution in [0.25, 0.3) is 10.2 Å². The number of sulfone groups is 1. The number of thiazole rings is 1. The lowest BCUT2D eigenvalue weighted by Gasteiger charge is -2.34. The van der Waals surface area contributed by atoms with Crippen molar-refractivity contribution in [2.45, 2.75) is 40.7 Å². The van der Waals surface area contributed by atoms with Crippen molar-refractivity contribution in [3.63, 3.8) is 0 Å². The number of piperidine rings is 1. The molecule has 0 spiro atoms. The van der Waals surface area contributed by atoms with Crippen LogP contribution in [0.4, 0.5) is 0 Å². The van der Waals surface area contributed by atoms with Crippen LogP contribution in [0.1, 0.15) is 44.5 Å². The minimum absolute atomic E-state index is 0.262. The van der Waals surface area contributed by atoms with Crippen molar-refractivity contribution in [1.82, 2.24) is 9.47 Å². The summed E-state index contributed by atoms with van der Waals surface area (Å²) in [5.41, 5.74) is 1.16. The van der Waals surface area contributed by atoms with Gasteiger partial charge in [-0.05, 0) is 50.3 Å². The molecule has 1 saturated heterocycles. The summed E-state index contributed by atoms with van der Waals surface area (Å²) in [4.78, 5) is 43.1. The number of carbonyl (C=O) groups excluding carboxylic acids is 3. The van der Waals surface area contributed by atoms with Crippen LogP contribution in [0.15, 0.2) is 23.2 Å². The summed E-state index contributed by atoms with van der Waals surface area (Å²) in [5, 5.41) is 0. The quantitative estimate of drug-likeness (QED) is 0.529. The highest BCUT2D eigenvalue weighted by Crippen LogP contribution is 2.22. The Labute approximate surface area is 203 Å². The van der Waals surface area contributed by atoms with Crippen LogP contribution in [0, 0.1) is 11.8 Å². The van der Waals surface area contributed by atoms with Crippen molar-refractivity contribution >= 4 is 49.2 Å². The third-order valence-electron chi connectivity index (χ3n) is 5.64. The zero-order valence-corrected chi connectivity index (χ0v) is 21.6. The summed E-state index contributed by atoms with van der Waals surface area (Å²) >= 11 is 1.19. The van der Waals surface area contributed by atoms with Gasteiger partial charge in [-0.3, -0.25) is 9.59 Å². The molecular formula is C23H31N3O6S2. The molecule has 34 heavy (non-hydrogen) atoms. The highest BCUT2D eigenvalue weighted by molar-refractivity contribution is 7.92. The van der Waals surface area contributed by atoms with Gasteiger partial charge in [0.05, 0.1) is 22.4 Å². The van der Waals surface area contributed by atoms with Crippen LogP contribution >= 0.6 is 11.3 Å². The van der Waals surface area contributed by atoms with E-state index in [1.807, 2.05) is 20.8 Å². The van der Waals surface area contributed by atoms with Crippen LogP contribution in [-0.2, 0) is 30.7 Å². The first-order chi connectivity index (χ1) is 16.0. The molecule has 2 aromatic rings. The number of fused-ring (bicyclic) bond motifs is 1. The second-order valence-corrected chi connectivity index (χ2v) is 11.9. The van der Waals surface area contributed by atoms with E-state index in [1.54, 1.807) is 34.6 Å². The van der Waals surface area contributed by atoms with E-state index >= 15 is 0 Å². The lowest BCUT2D eigenvalue weighted by molar-refractivity contribution is -0.131. The highest BCUT2D eigenvalue weighted by Gasteiger charge is 2.29. The average molecular weight is 510 g/mol. The summed E-state index contributed by atoms with van der Waals surface area (Å²) in [6.07, 6.45) is 1.00. The molecule has 0 radical (unpaired) electrons. The molecule has 0 N–H and O–H groups in total. The van der Waals surface area contributed by atoms with Gasteiger partial charge in [0, 0.05) is 19.6 Å². The zero-order valence-electron chi connectivity index (χ0n) is 19.9. The Morgan fingerprint density at radius 1 is 1.12 bits per heavy atom. The van der Waals surface area contributed by atoms with Gasteiger partial charge in [-0.1, -0.05) is 25.2 Å². The molecule has 1 aliphatic heterocycles. The molecule has 1 fully saturated rings. The highest BCUT2D eigenvalue weighted by atomic mass is 32.2. The summed E-state index contributed by atoms with van der Waals surface area (Å²) in [6.45, 7) is 9.51. The number of aryl methyl sites for hydroxylation is 1. The summed E-state index contributed by atoms with van der Waals surface area (Å²) in [5.74, 6) is -2.64. The van der Waals surface area contributed by atoms with E-state index in [0.717, 1.165) is 16.6 Å². The van der Waals surface area contributed by atoms with Crippen LogP contribution in [0.3, 0.4) is 0 Å². The van der Waals surface area contributed by atoms with Gasteiger partial charge in [-0.2, -0.15) is 4.99 Å². The number of ether oxygens (including phenoxy) is 1. The van der Waals surface area contributed by atoms with Gasteiger partial charge >= 0.3 is 5.97 Å². The number of hydrogen-bond donors (Lipinski definition) is 0. The Morgan fingerprint density at radius 3 is 2.41 bits per heavy atom. The van der Waals surface area contributed by atoms with Gasteiger partial charge in [0.1, 0.15) is 11.5 Å². The Morgan fingerprint density at radius 2 is 1.79 bits per heavy atom. The molecule has 2 amide bonds. The van der Waals surface area contributed by atoms with Crippen LogP contribution < -0.4 is 4.80 Å². The maximum atomic E-state index is 12.6. The maximum absolute atomic E-state index is 12.6. The number of rotatable bonds is 7. The van der Waals surface area contributed by atoms with Crippen LogP contribution in [0.5, 0.6) is 0 Å². The van der Waals surface area contributed by atoms with Crippen molar-refractivity contribution in [2.24, 2.45) is 16.8 Å². The predicted octanol–water partition coefficient (Wildman–Crippen LogP) is 2.25. The summed E-state index contributed by atoms with van der Waals surface area (Å²) in [6, 6.07) is 5.06. The molecule has 0 saturated carbocycles. The van der Waals surface area contributed by atoms with Gasteiger partial charge in [0.25, 0.3) is 5.91 Å². The van der Waals surface area contributed by atoms with Crippen molar-refractivity contribution < 1.29 is 27.5 Å². The van der Waals surface area contributed by atoms with Gasteiger partial charge in [-0.25, -0.2) is 13.2 Å². The Bertz CT molecular complexity index is 1250. The Balaban J connectivity index is 1.78. The topological polar surface area (TPSA) is 115 Å². The van der Waals surface area contributed by atoms with E-state index in [9.17, 15) is 22.8 Å². The number of aromatic nitrogens is 1. The first-order valence-electron chi connectivity index (χ1n) is 11.4. The lowest BCUT2D eigenvalue weighted by atomic mass is 9.92. The van der Waals surface area contributed by atoms with Gasteiger partial charge < -0.3 is 14.2 Å². The van der Waals surface area contributed by atoms with Gasteiger partial charge in [-0.15, -0.1) is 0 Å². The number of esters is 1. The number of carbonyl (C=O) groups is 3. The molecule has 1 aromatic heterocycles. The van der Waals surface area contributed by atoms with E-state index in [2.05, 4.69) is 4.99 Å². The number of benzene rings is 1. The second-order valence-electron chi connectivity index (χ2n) is 8.81. The number of amides is 2. The number of likely N-dealkylation sites (tertiary alicyclic amines) is 1. The maximum Gasteiger partial charge on any atom is 0.338 e. The molecular weight excluding hydrogens is 478 g/mol. The standard InChI is InChI=1S/C23H31N3O6S2/c1-5-26-18-8-7-17(22(29)32-6-2)10-19(18)33-23(26)24-20(27)13-34(30,31)14-21(28)25-11-15(3)9-16(4)12-25/h7-8,10,15-16H,5-6,9,11-14H2,1-4H3. The first kappa shape index (κ1) is 26.1. The number of hydrogen-bond acceptors (Lipinski definition) is 7. The fourth-order valence-electron chi connectivity index (χ4n) is 4.33. The minimum atomic E-state index is -3.96. The fraction of sp³-hybridized carbons (Fsp3) is 0.565. The first-order valence-corrected chi connectivity index (χ1v) is 14.0.